The molecule has 4 saturated heterocycles. The number of ether oxygens (including phenoxy) is 5. The minimum atomic E-state index is -1.16. The molecule has 0 aliphatic carbocycles. The van der Waals surface area contributed by atoms with Crippen LogP contribution in [0.2, 0.25) is 0 Å². The number of carbonyl (C=O) groups is 2. The molecule has 5 aliphatic rings. The van der Waals surface area contributed by atoms with Gasteiger partial charge in [-0.05, 0) is 83.6 Å². The number of aliphatic carboxylic acids is 1. The summed E-state index contributed by atoms with van der Waals surface area (Å²) in [7, 11) is 0. The maximum absolute atomic E-state index is 14.4. The predicted molar refractivity (Wildman–Crippen MR) is 187 cm³/mol. The van der Waals surface area contributed by atoms with Crippen LogP contribution in [-0.4, -0.2) is 92.5 Å². The predicted octanol–water partition coefficient (Wildman–Crippen LogP) is 5.13. The highest BCUT2D eigenvalue weighted by Gasteiger charge is 2.62. The highest BCUT2D eigenvalue weighted by Crippen LogP contribution is 2.53. The van der Waals surface area contributed by atoms with E-state index in [9.17, 15) is 24.9 Å². The maximum Gasteiger partial charge on any atom is 0.305 e. The van der Waals surface area contributed by atoms with Gasteiger partial charge in [0.15, 0.2) is 11.6 Å². The van der Waals surface area contributed by atoms with Crippen LogP contribution in [0.5, 0.6) is 0 Å². The van der Waals surface area contributed by atoms with Crippen molar-refractivity contribution in [2.45, 2.75) is 186 Å². The van der Waals surface area contributed by atoms with Gasteiger partial charge in [-0.3, -0.25) is 9.59 Å². The Hall–Kier alpha value is -1.44. The van der Waals surface area contributed by atoms with Crippen molar-refractivity contribution in [2.24, 2.45) is 41.2 Å². The Balaban J connectivity index is 1.33. The molecule has 5 heterocycles. The lowest BCUT2D eigenvalue weighted by Gasteiger charge is -2.54. The van der Waals surface area contributed by atoms with E-state index in [0.717, 1.165) is 12.8 Å². The average Bonchev–Trinajstić information content (AvgIpc) is 3.41. The summed E-state index contributed by atoms with van der Waals surface area (Å²) >= 11 is 0. The van der Waals surface area contributed by atoms with Crippen molar-refractivity contribution in [1.29, 1.82) is 0 Å². The van der Waals surface area contributed by atoms with Gasteiger partial charge < -0.3 is 44.7 Å². The minimum Gasteiger partial charge on any atom is -0.481 e. The van der Waals surface area contributed by atoms with Gasteiger partial charge in [0.2, 0.25) is 0 Å². The molecule has 286 valence electrons. The molecule has 3 unspecified atom stereocenters. The number of rotatable bonds is 10. The molecule has 0 aromatic heterocycles. The number of ketones is 1. The van der Waals surface area contributed by atoms with Gasteiger partial charge in [-0.1, -0.05) is 47.6 Å². The number of carboxylic acids is 1. The summed E-state index contributed by atoms with van der Waals surface area (Å²) < 4.78 is 33.5. The third-order valence-electron chi connectivity index (χ3n) is 13.7. The van der Waals surface area contributed by atoms with Gasteiger partial charge in [0.05, 0.1) is 60.3 Å². The Morgan fingerprint density at radius 1 is 0.980 bits per heavy atom. The van der Waals surface area contributed by atoms with E-state index in [-0.39, 0.29) is 42.2 Å². The summed E-state index contributed by atoms with van der Waals surface area (Å²) in [5.74, 6) is -4.81. The Bertz CT molecular complexity index is 1260. The van der Waals surface area contributed by atoms with Crippen LogP contribution >= 0.6 is 0 Å². The SMILES string of the molecule is CCC(C(=O)[C@@H](C)[C@@H](O)[C@H](C)C1(C)O[C@@H](CC(=O)O)CC[C@@H]1C)[C@H]1O[C@]2(C=C[C@@H](N)[C@]3(CC[C@@](C)([C@H]4CCC(O)[C@H](C)O4)O3)O2)[C@H](C)C[C@@H]1C. The van der Waals surface area contributed by atoms with Gasteiger partial charge in [-0.15, -0.1) is 0 Å². The van der Waals surface area contributed by atoms with Crippen LogP contribution in [0.1, 0.15) is 120 Å². The molecule has 11 nitrogen and oxygen atoms in total. The summed E-state index contributed by atoms with van der Waals surface area (Å²) in [6, 6.07) is -0.531. The topological polar surface area (TPSA) is 167 Å². The molecular formula is C39H65NO10. The largest absolute Gasteiger partial charge is 0.481 e. The number of aliphatic hydroxyl groups excluding tert-OH is 2. The van der Waals surface area contributed by atoms with Crippen LogP contribution in [0.25, 0.3) is 0 Å². The summed E-state index contributed by atoms with van der Waals surface area (Å²) in [6.07, 6.45) is 6.13. The van der Waals surface area contributed by atoms with Crippen molar-refractivity contribution in [3.8, 4) is 0 Å². The van der Waals surface area contributed by atoms with Crippen LogP contribution in [0.4, 0.5) is 0 Å². The smallest absolute Gasteiger partial charge is 0.305 e. The Kier molecular flexibility index (Phi) is 11.7. The summed E-state index contributed by atoms with van der Waals surface area (Å²) in [4.78, 5) is 25.9. The number of carbonyl (C=O) groups excluding carboxylic acids is 1. The van der Waals surface area contributed by atoms with E-state index in [2.05, 4.69) is 20.8 Å². The molecule has 0 bridgehead atoms. The van der Waals surface area contributed by atoms with Gasteiger partial charge in [0, 0.05) is 30.1 Å². The molecule has 4 fully saturated rings. The van der Waals surface area contributed by atoms with Crippen LogP contribution in [-0.2, 0) is 33.3 Å². The lowest BCUT2D eigenvalue weighted by molar-refractivity contribution is -0.396. The highest BCUT2D eigenvalue weighted by molar-refractivity contribution is 5.84. The first-order chi connectivity index (χ1) is 23.3. The summed E-state index contributed by atoms with van der Waals surface area (Å²) in [5.41, 5.74) is 5.29. The fourth-order valence-electron chi connectivity index (χ4n) is 9.77. The lowest BCUT2D eigenvalue weighted by atomic mass is 9.68. The van der Waals surface area contributed by atoms with Gasteiger partial charge >= 0.3 is 5.97 Å². The number of Topliss-reactive ketones (excluding diaryl/α,β-unsaturated/α-hetero) is 1. The Labute approximate surface area is 299 Å². The van der Waals surface area contributed by atoms with Crippen LogP contribution in [0.3, 0.4) is 0 Å². The molecule has 0 saturated carbocycles. The van der Waals surface area contributed by atoms with Gasteiger partial charge in [-0.2, -0.15) is 0 Å². The normalized spacial score (nSPS) is 47.6. The number of hydrogen-bond acceptors (Lipinski definition) is 10. The summed E-state index contributed by atoms with van der Waals surface area (Å²) in [5, 5.41) is 31.4. The molecule has 0 radical (unpaired) electrons. The number of nitrogens with two attached hydrogens (primary N) is 1. The molecule has 2 spiro atoms. The first-order valence-electron chi connectivity index (χ1n) is 19.3. The molecule has 0 amide bonds. The first-order valence-corrected chi connectivity index (χ1v) is 19.3. The zero-order valence-corrected chi connectivity index (χ0v) is 31.8. The Morgan fingerprint density at radius 3 is 2.32 bits per heavy atom. The number of carboxylic acid groups (broad SMARTS) is 1. The van der Waals surface area contributed by atoms with Crippen molar-refractivity contribution in [1.82, 2.24) is 0 Å². The molecule has 11 heteroatoms. The fraction of sp³-hybridized carbons (Fsp3) is 0.897. The molecule has 5 aliphatic heterocycles. The number of aliphatic hydroxyl groups is 2. The molecule has 17 atom stereocenters. The zero-order valence-electron chi connectivity index (χ0n) is 31.8. The molecule has 50 heavy (non-hydrogen) atoms. The van der Waals surface area contributed by atoms with Gasteiger partial charge in [-0.25, -0.2) is 0 Å². The van der Waals surface area contributed by atoms with Gasteiger partial charge in [0.1, 0.15) is 5.78 Å². The second-order valence-electron chi connectivity index (χ2n) is 17.1. The summed E-state index contributed by atoms with van der Waals surface area (Å²) in [6.45, 7) is 17.8. The van der Waals surface area contributed by atoms with Crippen molar-refractivity contribution in [2.75, 3.05) is 0 Å². The van der Waals surface area contributed by atoms with E-state index in [4.69, 9.17) is 29.4 Å². The molecule has 0 aromatic rings. The minimum absolute atomic E-state index is 0.0455. The maximum atomic E-state index is 14.4. The molecule has 5 rings (SSSR count). The van der Waals surface area contributed by atoms with Gasteiger partial charge in [0.25, 0.3) is 0 Å². The lowest BCUT2D eigenvalue weighted by Crippen LogP contribution is -2.64. The van der Waals surface area contributed by atoms with E-state index in [0.29, 0.717) is 38.5 Å². The van der Waals surface area contributed by atoms with Crippen molar-refractivity contribution < 1.29 is 48.6 Å². The molecule has 0 aromatic carbocycles. The standard InChI is InChI=1S/C39H65NO10/c1-10-28(34(45)24(5)33(44)25(6)37(9)22(3)11-12-27(47-37)20-32(42)43)35-21(2)19-23(4)38(48-35)16-15-30(40)39(50-38)18-17-36(8,49-39)31-14-13-29(41)26(7)46-31/h15-16,21-31,33,35,41,44H,10-14,17-20,40H2,1-9H3,(H,42,43)/t21-,22-,23+,24-,25-,26-,27+,28?,29?,30+,31+,33+,35-,36-,37?,38-,39-/m0/s1. The van der Waals surface area contributed by atoms with Crippen molar-refractivity contribution in [3.05, 3.63) is 12.2 Å². The first kappa shape index (κ1) is 39.8. The zero-order chi connectivity index (χ0) is 37.0. The van der Waals surface area contributed by atoms with E-state index in [1.807, 2.05) is 46.8 Å². The second kappa shape index (κ2) is 14.8. The van der Waals surface area contributed by atoms with Crippen LogP contribution < -0.4 is 5.73 Å². The monoisotopic (exact) mass is 707 g/mol. The molecular weight excluding hydrogens is 642 g/mol. The highest BCUT2D eigenvalue weighted by atomic mass is 16.8. The van der Waals surface area contributed by atoms with Crippen molar-refractivity contribution >= 4 is 11.8 Å². The third-order valence-corrected chi connectivity index (χ3v) is 13.7. The van der Waals surface area contributed by atoms with E-state index in [1.165, 1.54) is 0 Å². The van der Waals surface area contributed by atoms with E-state index < -0.39 is 77.0 Å². The average molecular weight is 708 g/mol. The number of hydrogen-bond donors (Lipinski definition) is 4. The van der Waals surface area contributed by atoms with Crippen LogP contribution in [0, 0.1) is 35.5 Å². The van der Waals surface area contributed by atoms with Crippen molar-refractivity contribution in [3.63, 3.8) is 0 Å². The van der Waals surface area contributed by atoms with E-state index in [1.54, 1.807) is 6.92 Å². The van der Waals surface area contributed by atoms with E-state index >= 15 is 0 Å². The quantitative estimate of drug-likeness (QED) is 0.222. The third kappa shape index (κ3) is 7.24. The molecule has 5 N–H and O–H groups in total. The van der Waals surface area contributed by atoms with Crippen LogP contribution in [0.15, 0.2) is 12.2 Å². The fourth-order valence-corrected chi connectivity index (χ4v) is 9.77. The second-order valence-corrected chi connectivity index (χ2v) is 17.1. The Morgan fingerprint density at radius 2 is 1.68 bits per heavy atom.